The van der Waals surface area contributed by atoms with Gasteiger partial charge < -0.3 is 65.1 Å². The Morgan fingerprint density at radius 1 is 0.457 bits per heavy atom. The number of nitrogens with one attached hydrogen (secondary N) is 1. The Labute approximate surface area is 489 Å². The average molecular weight is 1140 g/mol. The summed E-state index contributed by atoms with van der Waals surface area (Å²) in [5.74, 6) is -0.268. The molecule has 81 heavy (non-hydrogen) atoms. The molecule has 14 nitrogen and oxygen atoms in total. The number of unbranched alkanes of at least 4 members (excludes halogenated alkanes) is 18. The number of amides is 1. The molecule has 12 unspecified atom stereocenters. The van der Waals surface area contributed by atoms with E-state index in [2.05, 4.69) is 129 Å². The molecule has 1 amide bonds. The van der Waals surface area contributed by atoms with E-state index in [0.29, 0.717) is 19.3 Å². The van der Waals surface area contributed by atoms with Gasteiger partial charge in [0.15, 0.2) is 12.6 Å². The quantitative estimate of drug-likeness (QED) is 0.0204. The fourth-order valence-electron chi connectivity index (χ4n) is 9.71. The largest absolute Gasteiger partial charge is 0.394 e. The van der Waals surface area contributed by atoms with Gasteiger partial charge in [0.25, 0.3) is 0 Å². The van der Waals surface area contributed by atoms with Crippen molar-refractivity contribution in [1.82, 2.24) is 5.32 Å². The Morgan fingerprint density at radius 3 is 1.26 bits per heavy atom. The zero-order chi connectivity index (χ0) is 58.8. The van der Waals surface area contributed by atoms with Crippen molar-refractivity contribution >= 4 is 5.91 Å². The molecule has 0 aromatic carbocycles. The van der Waals surface area contributed by atoms with E-state index in [1.165, 1.54) is 89.9 Å². The molecule has 0 aromatic rings. The summed E-state index contributed by atoms with van der Waals surface area (Å²) in [6.07, 6.45) is 55.2. The number of ether oxygens (including phenoxy) is 4. The van der Waals surface area contributed by atoms with Crippen LogP contribution in [0.2, 0.25) is 0 Å². The Morgan fingerprint density at radius 2 is 0.840 bits per heavy atom. The molecule has 0 aromatic heterocycles. The Hall–Kier alpha value is -3.35. The van der Waals surface area contributed by atoms with E-state index >= 15 is 0 Å². The van der Waals surface area contributed by atoms with Gasteiger partial charge in [0.1, 0.15) is 48.8 Å². The van der Waals surface area contributed by atoms with Gasteiger partial charge in [-0.25, -0.2) is 0 Å². The molecule has 9 N–H and O–H groups in total. The summed E-state index contributed by atoms with van der Waals surface area (Å²) in [5.41, 5.74) is 0. The third kappa shape index (κ3) is 36.2. The minimum atomic E-state index is -1.79. The van der Waals surface area contributed by atoms with Crippen molar-refractivity contribution < 1.29 is 64.6 Å². The number of aliphatic hydroxyl groups is 8. The predicted molar refractivity (Wildman–Crippen MR) is 327 cm³/mol. The van der Waals surface area contributed by atoms with Crippen molar-refractivity contribution in [2.75, 3.05) is 19.8 Å². The third-order valence-corrected chi connectivity index (χ3v) is 14.8. The van der Waals surface area contributed by atoms with Gasteiger partial charge in [0.05, 0.1) is 32.0 Å². The molecule has 2 aliphatic heterocycles. The van der Waals surface area contributed by atoms with Gasteiger partial charge in [0.2, 0.25) is 5.91 Å². The first-order valence-corrected chi connectivity index (χ1v) is 31.6. The van der Waals surface area contributed by atoms with E-state index in [0.717, 1.165) is 83.5 Å². The van der Waals surface area contributed by atoms with Crippen LogP contribution < -0.4 is 5.32 Å². The SMILES string of the molecule is CC/C=C\C/C=C\C/C=C\C/C=C\C/C=C\C/C=C\C/C=C\C/C=C\C/C=C\CCCC(=O)NC(COC1OC(CO)C(OC2OC(CO)C(O)C(O)C2O)C(O)C1O)C(O)CCCCCCCCCCCCCCCCCCCC. The lowest BCUT2D eigenvalue weighted by atomic mass is 9.97. The van der Waals surface area contributed by atoms with E-state index in [9.17, 15) is 45.6 Å². The molecule has 2 aliphatic rings. The maximum absolute atomic E-state index is 13.3. The summed E-state index contributed by atoms with van der Waals surface area (Å²) in [4.78, 5) is 13.3. The molecule has 2 heterocycles. The van der Waals surface area contributed by atoms with Crippen LogP contribution in [0.25, 0.3) is 0 Å². The molecule has 0 spiro atoms. The van der Waals surface area contributed by atoms with Crippen molar-refractivity contribution in [3.8, 4) is 0 Å². The zero-order valence-electron chi connectivity index (χ0n) is 50.0. The molecule has 0 saturated carbocycles. The van der Waals surface area contributed by atoms with Gasteiger partial charge in [0, 0.05) is 6.42 Å². The molecule has 14 heteroatoms. The summed E-state index contributed by atoms with van der Waals surface area (Å²) in [7, 11) is 0. The number of carbonyl (C=O) groups is 1. The summed E-state index contributed by atoms with van der Waals surface area (Å²) in [6, 6.07) is -0.868. The monoisotopic (exact) mass is 1140 g/mol. The highest BCUT2D eigenvalue weighted by Gasteiger charge is 2.51. The van der Waals surface area contributed by atoms with E-state index < -0.39 is 86.8 Å². The summed E-state index contributed by atoms with van der Waals surface area (Å²) >= 11 is 0. The summed E-state index contributed by atoms with van der Waals surface area (Å²) in [5, 5.41) is 87.3. The summed E-state index contributed by atoms with van der Waals surface area (Å²) in [6.45, 7) is 2.71. The highest BCUT2D eigenvalue weighted by Crippen LogP contribution is 2.30. The highest BCUT2D eigenvalue weighted by molar-refractivity contribution is 5.76. The summed E-state index contributed by atoms with van der Waals surface area (Å²) < 4.78 is 22.8. The van der Waals surface area contributed by atoms with Crippen LogP contribution in [0.4, 0.5) is 0 Å². The van der Waals surface area contributed by atoms with E-state index in [1.807, 2.05) is 0 Å². The number of rotatable bonds is 49. The number of aliphatic hydroxyl groups excluding tert-OH is 8. The smallest absolute Gasteiger partial charge is 0.220 e. The van der Waals surface area contributed by atoms with Crippen LogP contribution in [0.3, 0.4) is 0 Å². The Kier molecular flexibility index (Phi) is 46.5. The van der Waals surface area contributed by atoms with Crippen molar-refractivity contribution in [2.45, 2.75) is 286 Å². The normalized spacial score (nSPS) is 24.9. The predicted octanol–water partition coefficient (Wildman–Crippen LogP) is 11.6. The first-order chi connectivity index (χ1) is 39.6. The fourth-order valence-corrected chi connectivity index (χ4v) is 9.71. The topological polar surface area (TPSA) is 228 Å². The van der Waals surface area contributed by atoms with E-state index in [4.69, 9.17) is 18.9 Å². The van der Waals surface area contributed by atoms with Crippen LogP contribution in [0.15, 0.2) is 109 Å². The molecule has 2 rings (SSSR count). The van der Waals surface area contributed by atoms with Gasteiger partial charge in [-0.2, -0.15) is 0 Å². The van der Waals surface area contributed by atoms with E-state index in [1.54, 1.807) is 0 Å². The molecule has 0 bridgehead atoms. The molecule has 2 fully saturated rings. The number of carbonyl (C=O) groups excluding carboxylic acids is 1. The standard InChI is InChI=1S/C67H113NO13/c1-3-5-7-9-11-13-15-17-19-21-23-24-25-26-27-28-29-30-31-32-33-35-37-39-41-43-45-47-49-51-59(72)68-55(56(71)50-48-46-44-42-40-38-36-34-22-20-18-16-14-12-10-8-6-4-2)54-78-66-64(77)62(75)65(58(53-70)80-66)81-67-63(76)61(74)60(73)57(52-69)79-67/h5,7,11,13,17,19,23-24,26-27,29-30,32-33,37,39,43,45,55-58,60-67,69-71,73-77H,3-4,6,8-10,12,14-16,18,20-22,25,28,31,34-36,38,40-42,44,46-54H2,1-2H3,(H,68,72)/b7-5-,13-11-,19-17-,24-23-,27-26-,30-29-,33-32-,39-37-,45-43-. The van der Waals surface area contributed by atoms with Crippen LogP contribution in [0.5, 0.6) is 0 Å². The van der Waals surface area contributed by atoms with Gasteiger partial charge in [-0.3, -0.25) is 4.79 Å². The van der Waals surface area contributed by atoms with Crippen molar-refractivity contribution in [1.29, 1.82) is 0 Å². The van der Waals surface area contributed by atoms with Crippen LogP contribution in [-0.2, 0) is 23.7 Å². The maximum Gasteiger partial charge on any atom is 0.220 e. The lowest BCUT2D eigenvalue weighted by Crippen LogP contribution is -2.65. The van der Waals surface area contributed by atoms with Gasteiger partial charge in [-0.05, 0) is 77.0 Å². The average Bonchev–Trinajstić information content (AvgIpc) is 3.47. The van der Waals surface area contributed by atoms with Gasteiger partial charge >= 0.3 is 0 Å². The van der Waals surface area contributed by atoms with Gasteiger partial charge in [-0.15, -0.1) is 0 Å². The van der Waals surface area contributed by atoms with Crippen molar-refractivity contribution in [2.24, 2.45) is 0 Å². The van der Waals surface area contributed by atoms with Crippen molar-refractivity contribution in [3.63, 3.8) is 0 Å². The lowest BCUT2D eigenvalue weighted by molar-refractivity contribution is -0.359. The van der Waals surface area contributed by atoms with Crippen LogP contribution >= 0.6 is 0 Å². The fraction of sp³-hybridized carbons (Fsp3) is 0.716. The number of allylic oxidation sites excluding steroid dienone is 18. The third-order valence-electron chi connectivity index (χ3n) is 14.8. The highest BCUT2D eigenvalue weighted by atomic mass is 16.7. The lowest BCUT2D eigenvalue weighted by Gasteiger charge is -2.46. The second-order valence-electron chi connectivity index (χ2n) is 21.8. The van der Waals surface area contributed by atoms with Crippen molar-refractivity contribution in [3.05, 3.63) is 109 Å². The first kappa shape index (κ1) is 73.8. The molecule has 0 aliphatic carbocycles. The molecular weight excluding hydrogens is 1030 g/mol. The Balaban J connectivity index is 1.76. The number of hydrogen-bond acceptors (Lipinski definition) is 13. The van der Waals surface area contributed by atoms with E-state index in [-0.39, 0.29) is 18.9 Å². The van der Waals surface area contributed by atoms with Crippen LogP contribution in [0, 0.1) is 0 Å². The molecular formula is C67H113NO13. The molecule has 2 saturated heterocycles. The molecule has 12 atom stereocenters. The minimum absolute atomic E-state index is 0.217. The second kappa shape index (κ2) is 51.1. The van der Waals surface area contributed by atoms with Gasteiger partial charge in [-0.1, -0.05) is 239 Å². The zero-order valence-corrected chi connectivity index (χ0v) is 50.0. The second-order valence-corrected chi connectivity index (χ2v) is 21.8. The maximum atomic E-state index is 13.3. The molecule has 0 radical (unpaired) electrons. The van der Waals surface area contributed by atoms with Crippen LogP contribution in [0.1, 0.15) is 213 Å². The van der Waals surface area contributed by atoms with Crippen LogP contribution in [-0.4, -0.2) is 140 Å². The Bertz CT molecular complexity index is 1770. The number of hydrogen-bond donors (Lipinski definition) is 9. The first-order valence-electron chi connectivity index (χ1n) is 31.6. The molecule has 464 valence electrons. The minimum Gasteiger partial charge on any atom is -0.394 e.